The maximum absolute atomic E-state index is 10.9. The van der Waals surface area contributed by atoms with E-state index in [4.69, 9.17) is 19.8 Å². The summed E-state index contributed by atoms with van der Waals surface area (Å²) in [6.45, 7) is -1.92. The van der Waals surface area contributed by atoms with Gasteiger partial charge in [0.15, 0.2) is 6.67 Å². The van der Waals surface area contributed by atoms with Gasteiger partial charge in [-0.2, -0.15) is 4.94 Å². The maximum Gasteiger partial charge on any atom is 0.492 e. The molecule has 0 rings (SSSR count). The van der Waals surface area contributed by atoms with Gasteiger partial charge in [-0.05, 0) is 4.53 Å². The zero-order chi connectivity index (χ0) is 12.7. The maximum atomic E-state index is 10.9. The smallest absolute Gasteiger partial charge is 0.479 e. The number of carboxylic acid groups (broad SMARTS) is 2. The highest BCUT2D eigenvalue weighted by Crippen LogP contribution is 1.81. The molecule has 92 valence electrons. The van der Waals surface area contributed by atoms with E-state index in [0.717, 1.165) is 0 Å². The van der Waals surface area contributed by atoms with Gasteiger partial charge in [0.25, 0.3) is 0 Å². The summed E-state index contributed by atoms with van der Waals surface area (Å²) in [7, 11) is 0. The van der Waals surface area contributed by atoms with Crippen molar-refractivity contribution in [1.29, 1.82) is 0 Å². The average molecular weight is 238 g/mol. The minimum absolute atomic E-state index is 0.128. The summed E-state index contributed by atoms with van der Waals surface area (Å²) in [5.41, 5.74) is 0. The van der Waals surface area contributed by atoms with Gasteiger partial charge in [-0.25, -0.2) is 14.0 Å². The van der Waals surface area contributed by atoms with Crippen molar-refractivity contribution in [1.82, 2.24) is 0 Å². The van der Waals surface area contributed by atoms with E-state index in [-0.39, 0.29) is 13.0 Å². The molecule has 5 nitrogen and oxygen atoms in total. The molecule has 9 heteroatoms. The second-order valence-corrected chi connectivity index (χ2v) is 1.64. The lowest BCUT2D eigenvalue weighted by atomic mass is 10.5. The molecule has 0 aliphatic carbocycles. The lowest BCUT2D eigenvalue weighted by Crippen LogP contribution is -1.93. The molecule has 0 fully saturated rings. The number of halogens is 4. The van der Waals surface area contributed by atoms with Crippen molar-refractivity contribution in [2.45, 2.75) is 6.42 Å². The minimum Gasteiger partial charge on any atom is -0.479 e. The Balaban J connectivity index is -0.000000147. The number of alkyl halides is 2. The molecule has 0 heterocycles. The van der Waals surface area contributed by atoms with Crippen LogP contribution in [0.4, 0.5) is 22.5 Å². The number of carbonyl (C=O) groups is 2. The van der Waals surface area contributed by atoms with Gasteiger partial charge in [0, 0.05) is 6.42 Å². The van der Waals surface area contributed by atoms with Crippen LogP contribution in [-0.2, 0) is 9.74 Å². The Morgan fingerprint density at radius 1 is 1.20 bits per heavy atom. The van der Waals surface area contributed by atoms with Crippen molar-refractivity contribution in [2.75, 3.05) is 20.0 Å². The van der Waals surface area contributed by atoms with Crippen LogP contribution in [0, 0.1) is 0 Å². The fourth-order valence-corrected chi connectivity index (χ4v) is 0.109. The van der Waals surface area contributed by atoms with E-state index >= 15 is 0 Å². The van der Waals surface area contributed by atoms with Gasteiger partial charge < -0.3 is 10.2 Å². The third-order valence-electron chi connectivity index (χ3n) is 0.469. The van der Waals surface area contributed by atoms with E-state index in [0.29, 0.717) is 0 Å². The van der Waals surface area contributed by atoms with E-state index in [1.165, 1.54) is 0 Å². The van der Waals surface area contributed by atoms with Crippen molar-refractivity contribution in [3.8, 4) is 0 Å². The molecular weight excluding hydrogens is 228 g/mol. The van der Waals surface area contributed by atoms with Crippen molar-refractivity contribution < 1.29 is 42.4 Å². The molecule has 0 spiro atoms. The summed E-state index contributed by atoms with van der Waals surface area (Å²) in [4.78, 5) is 20.4. The fraction of sp³-hybridized carbons (Fsp3) is 0.667. The van der Waals surface area contributed by atoms with Crippen LogP contribution in [-0.4, -0.2) is 42.4 Å². The van der Waals surface area contributed by atoms with Crippen molar-refractivity contribution in [2.24, 2.45) is 0 Å². The first-order valence-corrected chi connectivity index (χ1v) is 3.38. The van der Waals surface area contributed by atoms with Gasteiger partial charge >= 0.3 is 12.2 Å². The largest absolute Gasteiger partial charge is 0.492 e. The summed E-state index contributed by atoms with van der Waals surface area (Å²) >= 11 is 0. The van der Waals surface area contributed by atoms with Gasteiger partial charge in [-0.3, -0.25) is 4.39 Å². The molecule has 0 aromatic rings. The number of hydrogen-bond donors (Lipinski definition) is 2. The standard InChI is InChI=1S/C3H6F2O.C2H3FO2.CHFO2/c4-2-1-3-6-5;3-1-2(4)5;2-1(3)4/h1-3H2;1H2,(H,4,5);(H,3,4). The first kappa shape index (κ1) is 19.2. The Labute approximate surface area is 82.2 Å². The lowest BCUT2D eigenvalue weighted by molar-refractivity contribution is -0.137. The van der Waals surface area contributed by atoms with E-state index in [9.17, 15) is 17.7 Å². The zero-order valence-corrected chi connectivity index (χ0v) is 7.46. The molecule has 2 N–H and O–H groups in total. The van der Waals surface area contributed by atoms with Gasteiger partial charge in [-0.15, -0.1) is 4.39 Å². The normalized spacial score (nSPS) is 7.73. The molecule has 0 atom stereocenters. The third-order valence-corrected chi connectivity index (χ3v) is 0.469. The summed E-state index contributed by atoms with van der Waals surface area (Å²) < 4.78 is 41.9. The topological polar surface area (TPSA) is 83.8 Å². The van der Waals surface area contributed by atoms with E-state index in [2.05, 4.69) is 4.94 Å². The molecule has 0 saturated carbocycles. The predicted octanol–water partition coefficient (Wildman–Crippen LogP) is 1.92. The van der Waals surface area contributed by atoms with Crippen LogP contribution in [0.25, 0.3) is 0 Å². The number of rotatable bonds is 4. The van der Waals surface area contributed by atoms with Gasteiger partial charge in [0.1, 0.15) is 0 Å². The molecular formula is C6H10F4O5. The average Bonchev–Trinajstić information content (AvgIpc) is 2.14. The summed E-state index contributed by atoms with van der Waals surface area (Å²) in [5, 5.41) is 14.1. The quantitative estimate of drug-likeness (QED) is 0.444. The van der Waals surface area contributed by atoms with Crippen LogP contribution in [0.5, 0.6) is 0 Å². The predicted molar refractivity (Wildman–Crippen MR) is 40.4 cm³/mol. The molecule has 0 aliphatic rings. The highest BCUT2D eigenvalue weighted by Gasteiger charge is 1.85. The highest BCUT2D eigenvalue weighted by atomic mass is 19.3. The zero-order valence-electron chi connectivity index (χ0n) is 7.46. The molecule has 0 aromatic heterocycles. The first-order chi connectivity index (χ1) is 6.92. The molecule has 0 saturated heterocycles. The van der Waals surface area contributed by atoms with Gasteiger partial charge in [-0.1, -0.05) is 0 Å². The van der Waals surface area contributed by atoms with E-state index in [1.54, 1.807) is 0 Å². The second kappa shape index (κ2) is 18.4. The first-order valence-electron chi connectivity index (χ1n) is 3.38. The second-order valence-electron chi connectivity index (χ2n) is 1.64. The van der Waals surface area contributed by atoms with Gasteiger partial charge in [0.2, 0.25) is 0 Å². The van der Waals surface area contributed by atoms with Crippen molar-refractivity contribution in [3.05, 3.63) is 0 Å². The Hall–Kier alpha value is -1.38. The van der Waals surface area contributed by atoms with Crippen LogP contribution >= 0.6 is 0 Å². The van der Waals surface area contributed by atoms with Gasteiger partial charge in [0.05, 0.1) is 13.3 Å². The number of aliphatic carboxylic acids is 1. The third kappa shape index (κ3) is 109. The minimum atomic E-state index is -2.33. The highest BCUT2D eigenvalue weighted by molar-refractivity contribution is 5.67. The van der Waals surface area contributed by atoms with Crippen LogP contribution in [0.15, 0.2) is 0 Å². The molecule has 15 heavy (non-hydrogen) atoms. The molecule has 0 radical (unpaired) electrons. The summed E-state index contributed by atoms with van der Waals surface area (Å²) in [6, 6.07) is 0. The van der Waals surface area contributed by atoms with Crippen molar-refractivity contribution >= 4 is 12.2 Å². The monoisotopic (exact) mass is 238 g/mol. The summed E-state index contributed by atoms with van der Waals surface area (Å²) in [5.74, 6) is -1.41. The SMILES string of the molecule is FCCCOF.O=C(O)CF.O=C(O)F. The Bertz CT molecular complexity index is 146. The molecule has 0 unspecified atom stereocenters. The van der Waals surface area contributed by atoms with Crippen LogP contribution < -0.4 is 0 Å². The molecule has 0 amide bonds. The van der Waals surface area contributed by atoms with Crippen LogP contribution in [0.2, 0.25) is 0 Å². The number of carboxylic acids is 1. The Morgan fingerprint density at radius 3 is 1.60 bits per heavy atom. The fourth-order valence-electron chi connectivity index (χ4n) is 0.109. The summed E-state index contributed by atoms with van der Waals surface area (Å²) in [6.07, 6.45) is -2.18. The Morgan fingerprint density at radius 2 is 1.53 bits per heavy atom. The van der Waals surface area contributed by atoms with E-state index < -0.39 is 25.5 Å². The molecule has 0 bridgehead atoms. The number of hydrogen-bond acceptors (Lipinski definition) is 3. The lowest BCUT2D eigenvalue weighted by Gasteiger charge is -1.82. The van der Waals surface area contributed by atoms with Crippen molar-refractivity contribution in [3.63, 3.8) is 0 Å². The van der Waals surface area contributed by atoms with Crippen LogP contribution in [0.3, 0.4) is 0 Å². The van der Waals surface area contributed by atoms with Crippen LogP contribution in [0.1, 0.15) is 6.42 Å². The molecule has 0 aliphatic heterocycles. The molecule has 0 aromatic carbocycles. The van der Waals surface area contributed by atoms with E-state index in [1.807, 2.05) is 0 Å². The Kier molecular flexibility index (Phi) is 23.6.